The molecule has 0 aliphatic heterocycles. The Morgan fingerprint density at radius 1 is 0.651 bits per heavy atom. The predicted octanol–water partition coefficient (Wildman–Crippen LogP) is 11.9. The van der Waals surface area contributed by atoms with Gasteiger partial charge in [-0.1, -0.05) is 99.8 Å². The van der Waals surface area contributed by atoms with Crippen LogP contribution in [0.1, 0.15) is 170 Å². The number of hydrogen-bond donors (Lipinski definition) is 0. The Bertz CT molecular complexity index is 777. The summed E-state index contributed by atoms with van der Waals surface area (Å²) in [7, 11) is -2.64. The van der Waals surface area contributed by atoms with E-state index in [1.54, 1.807) is 12.8 Å². The molecule has 0 spiro atoms. The van der Waals surface area contributed by atoms with Crippen LogP contribution in [0.5, 0.6) is 0 Å². The summed E-state index contributed by atoms with van der Waals surface area (Å²) in [5, 5.41) is 0. The molecule has 0 aromatic rings. The van der Waals surface area contributed by atoms with Gasteiger partial charge in [0.2, 0.25) is 0 Å². The monoisotopic (exact) mass is 619 g/mol. The average molecular weight is 619 g/mol. The topological polar surface area (TPSA) is 27.7 Å². The molecular formula is C39H74O3Si. The quantitative estimate of drug-likeness (QED) is 0.106. The highest BCUT2D eigenvalue weighted by Crippen LogP contribution is 2.68. The summed E-state index contributed by atoms with van der Waals surface area (Å²) in [6.45, 7) is 19.7. The van der Waals surface area contributed by atoms with Crippen molar-refractivity contribution in [3.63, 3.8) is 0 Å². The van der Waals surface area contributed by atoms with Gasteiger partial charge in [-0.2, -0.15) is 0 Å². The lowest BCUT2D eigenvalue weighted by Crippen LogP contribution is -2.53. The highest BCUT2D eigenvalue weighted by molar-refractivity contribution is 6.60. The Hall–Kier alpha value is 0.0969. The fourth-order valence-electron chi connectivity index (χ4n) is 11.2. The Morgan fingerprint density at radius 2 is 1.28 bits per heavy atom. The van der Waals surface area contributed by atoms with Gasteiger partial charge in [-0.05, 0) is 123 Å². The maximum atomic E-state index is 6.59. The van der Waals surface area contributed by atoms with Crippen LogP contribution < -0.4 is 0 Å². The lowest BCUT2D eigenvalue weighted by Gasteiger charge is -2.61. The minimum Gasteiger partial charge on any atom is -0.373 e. The summed E-state index contributed by atoms with van der Waals surface area (Å²) in [4.78, 5) is 0. The maximum absolute atomic E-state index is 6.59. The van der Waals surface area contributed by atoms with E-state index in [-0.39, 0.29) is 0 Å². The second-order valence-electron chi connectivity index (χ2n) is 16.6. The second kappa shape index (κ2) is 16.8. The Kier molecular flexibility index (Phi) is 14.0. The summed E-state index contributed by atoms with van der Waals surface area (Å²) in [5.74, 6) is 6.49. The molecule has 0 aromatic carbocycles. The van der Waals surface area contributed by atoms with Gasteiger partial charge in [-0.3, -0.25) is 0 Å². The Morgan fingerprint density at radius 3 is 1.91 bits per heavy atom. The first-order chi connectivity index (χ1) is 20.7. The van der Waals surface area contributed by atoms with Gasteiger partial charge < -0.3 is 13.3 Å². The first-order valence-corrected chi connectivity index (χ1v) is 21.6. The van der Waals surface area contributed by atoms with Crippen molar-refractivity contribution < 1.29 is 13.3 Å². The Balaban J connectivity index is 1.31. The molecule has 9 atom stereocenters. The smallest absolute Gasteiger partial charge is 0.373 e. The zero-order valence-electron chi connectivity index (χ0n) is 30.0. The van der Waals surface area contributed by atoms with Crippen LogP contribution in [0.4, 0.5) is 0 Å². The third-order valence-electron chi connectivity index (χ3n) is 13.8. The molecule has 0 bridgehead atoms. The third kappa shape index (κ3) is 8.53. The van der Waals surface area contributed by atoms with E-state index in [2.05, 4.69) is 48.5 Å². The summed E-state index contributed by atoms with van der Waals surface area (Å²) >= 11 is 0. The average Bonchev–Trinajstić information content (AvgIpc) is 3.34. The van der Waals surface area contributed by atoms with E-state index in [9.17, 15) is 0 Å². The molecule has 3 nitrogen and oxygen atoms in total. The first-order valence-electron chi connectivity index (χ1n) is 19.6. The normalized spacial score (nSPS) is 35.7. The van der Waals surface area contributed by atoms with Gasteiger partial charge in [0.05, 0.1) is 0 Å². The molecule has 4 heteroatoms. The molecule has 4 saturated carbocycles. The summed E-state index contributed by atoms with van der Waals surface area (Å²) in [6, 6.07) is 0.991. The molecule has 4 fully saturated rings. The molecular weight excluding hydrogens is 545 g/mol. The van der Waals surface area contributed by atoms with Crippen LogP contribution in [0.2, 0.25) is 6.04 Å². The minimum atomic E-state index is -2.64. The number of hydrogen-bond acceptors (Lipinski definition) is 3. The van der Waals surface area contributed by atoms with Crippen LogP contribution in [-0.4, -0.2) is 28.6 Å². The van der Waals surface area contributed by atoms with E-state index < -0.39 is 8.80 Å². The molecule has 0 saturated heterocycles. The lowest BCUT2D eigenvalue weighted by atomic mass is 9.44. The largest absolute Gasteiger partial charge is 0.501 e. The first kappa shape index (κ1) is 35.9. The number of fused-ring (bicyclic) bond motifs is 5. The molecule has 43 heavy (non-hydrogen) atoms. The van der Waals surface area contributed by atoms with E-state index in [0.717, 1.165) is 99.9 Å². The minimum absolute atomic E-state index is 0.595. The molecule has 0 N–H and O–H groups in total. The molecule has 4 aliphatic carbocycles. The highest BCUT2D eigenvalue weighted by Gasteiger charge is 2.60. The SMILES string of the molecule is CCCCO[Si](CC(C)CCC[C@@H](C)[C@H]1CC[C@H]2[C@@H]3CCC4CCCC[C@]4(C)[C@H]3CC[C@]12C)(OCCCC)OCCCC. The van der Waals surface area contributed by atoms with E-state index in [0.29, 0.717) is 16.7 Å². The molecule has 252 valence electrons. The fraction of sp³-hybridized carbons (Fsp3) is 1.00. The predicted molar refractivity (Wildman–Crippen MR) is 185 cm³/mol. The van der Waals surface area contributed by atoms with Gasteiger partial charge in [0.15, 0.2) is 0 Å². The molecule has 4 rings (SSSR count). The van der Waals surface area contributed by atoms with Crippen molar-refractivity contribution in [2.24, 2.45) is 52.3 Å². The summed E-state index contributed by atoms with van der Waals surface area (Å²) < 4.78 is 19.8. The third-order valence-corrected chi connectivity index (χ3v) is 16.9. The van der Waals surface area contributed by atoms with E-state index in [4.69, 9.17) is 13.3 Å². The van der Waals surface area contributed by atoms with Crippen molar-refractivity contribution >= 4 is 8.80 Å². The van der Waals surface area contributed by atoms with Gasteiger partial charge >= 0.3 is 8.80 Å². The zero-order valence-corrected chi connectivity index (χ0v) is 31.0. The highest BCUT2D eigenvalue weighted by atomic mass is 28.4. The molecule has 4 aliphatic rings. The standard InChI is InChI=1S/C39H74O3Si/c1-8-11-27-40-43(41-28-12-9-2,42-29-13-10-3)30-31(4)17-16-18-32(5)35-22-23-36-34-21-20-33-19-14-15-25-38(33,6)37(34)24-26-39(35,36)7/h31-37H,8-30H2,1-7H3/t31?,32-,33?,34+,35-,36+,37+,38+,39-/m1/s1. The van der Waals surface area contributed by atoms with Crippen LogP contribution in [0, 0.1) is 52.3 Å². The van der Waals surface area contributed by atoms with Crippen molar-refractivity contribution in [2.75, 3.05) is 19.8 Å². The maximum Gasteiger partial charge on any atom is 0.501 e. The van der Waals surface area contributed by atoms with Gasteiger partial charge in [-0.15, -0.1) is 0 Å². The van der Waals surface area contributed by atoms with E-state index in [1.807, 2.05) is 0 Å². The van der Waals surface area contributed by atoms with Crippen molar-refractivity contribution in [3.8, 4) is 0 Å². The van der Waals surface area contributed by atoms with Crippen molar-refractivity contribution in [1.29, 1.82) is 0 Å². The summed E-state index contributed by atoms with van der Waals surface area (Å²) in [6.07, 6.45) is 26.0. The van der Waals surface area contributed by atoms with Gasteiger partial charge in [0.1, 0.15) is 0 Å². The Labute approximate surface area is 270 Å². The van der Waals surface area contributed by atoms with Crippen LogP contribution in [0.25, 0.3) is 0 Å². The molecule has 0 aromatic heterocycles. The van der Waals surface area contributed by atoms with Crippen molar-refractivity contribution in [3.05, 3.63) is 0 Å². The van der Waals surface area contributed by atoms with Gasteiger partial charge in [0.25, 0.3) is 0 Å². The fourth-order valence-corrected chi connectivity index (χ4v) is 14.2. The van der Waals surface area contributed by atoms with Crippen LogP contribution in [-0.2, 0) is 13.3 Å². The second-order valence-corrected chi connectivity index (χ2v) is 19.3. The van der Waals surface area contributed by atoms with Gasteiger partial charge in [-0.25, -0.2) is 0 Å². The molecule has 0 amide bonds. The van der Waals surface area contributed by atoms with Gasteiger partial charge in [0, 0.05) is 25.9 Å². The van der Waals surface area contributed by atoms with E-state index >= 15 is 0 Å². The zero-order chi connectivity index (χ0) is 30.9. The lowest BCUT2D eigenvalue weighted by molar-refractivity contribution is -0.114. The molecule has 0 radical (unpaired) electrons. The summed E-state index contributed by atoms with van der Waals surface area (Å²) in [5.41, 5.74) is 1.26. The van der Waals surface area contributed by atoms with Crippen LogP contribution in [0.15, 0.2) is 0 Å². The number of unbranched alkanes of at least 4 members (excludes halogenated alkanes) is 3. The van der Waals surface area contributed by atoms with Crippen molar-refractivity contribution in [1.82, 2.24) is 0 Å². The molecule has 2 unspecified atom stereocenters. The van der Waals surface area contributed by atoms with Crippen molar-refractivity contribution in [2.45, 2.75) is 177 Å². The van der Waals surface area contributed by atoms with Crippen LogP contribution >= 0.6 is 0 Å². The molecule has 0 heterocycles. The van der Waals surface area contributed by atoms with Crippen LogP contribution in [0.3, 0.4) is 0 Å². The number of rotatable bonds is 19. The van der Waals surface area contributed by atoms with E-state index in [1.165, 1.54) is 70.6 Å².